The van der Waals surface area contributed by atoms with Gasteiger partial charge in [-0.05, 0) is 24.3 Å². The van der Waals surface area contributed by atoms with E-state index in [-0.39, 0.29) is 11.7 Å². The van der Waals surface area contributed by atoms with Crippen molar-refractivity contribution in [2.45, 2.75) is 6.10 Å². The summed E-state index contributed by atoms with van der Waals surface area (Å²) in [5.41, 5.74) is 0.857. The number of alkyl halides is 1. The molecule has 2 nitrogen and oxygen atoms in total. The van der Waals surface area contributed by atoms with Crippen molar-refractivity contribution in [2.75, 3.05) is 24.4 Å². The van der Waals surface area contributed by atoms with Gasteiger partial charge in [0.25, 0.3) is 0 Å². The second-order valence-electron chi connectivity index (χ2n) is 3.17. The standard InChI is InChI=1S/C10H13ClFNO/c1-13(7-10(14)6-11)9-4-2-8(12)3-5-9/h2-5,10,14H,6-7H2,1H3. The highest BCUT2D eigenvalue weighted by Crippen LogP contribution is 2.13. The summed E-state index contributed by atoms with van der Waals surface area (Å²) >= 11 is 5.47. The van der Waals surface area contributed by atoms with E-state index in [4.69, 9.17) is 11.6 Å². The van der Waals surface area contributed by atoms with E-state index in [0.717, 1.165) is 5.69 Å². The van der Waals surface area contributed by atoms with Crippen molar-refractivity contribution in [1.29, 1.82) is 0 Å². The predicted molar refractivity (Wildman–Crippen MR) is 56.4 cm³/mol. The molecule has 0 radical (unpaired) electrons. The number of aliphatic hydroxyl groups excluding tert-OH is 1. The van der Waals surface area contributed by atoms with Gasteiger partial charge >= 0.3 is 0 Å². The second kappa shape index (κ2) is 5.17. The van der Waals surface area contributed by atoms with Gasteiger partial charge in [-0.2, -0.15) is 0 Å². The van der Waals surface area contributed by atoms with Crippen molar-refractivity contribution in [1.82, 2.24) is 0 Å². The summed E-state index contributed by atoms with van der Waals surface area (Å²) in [6, 6.07) is 6.10. The smallest absolute Gasteiger partial charge is 0.123 e. The van der Waals surface area contributed by atoms with Gasteiger partial charge in [-0.25, -0.2) is 4.39 Å². The lowest BCUT2D eigenvalue weighted by Crippen LogP contribution is -2.29. The number of anilines is 1. The van der Waals surface area contributed by atoms with Gasteiger partial charge in [0.15, 0.2) is 0 Å². The maximum atomic E-state index is 12.6. The van der Waals surface area contributed by atoms with E-state index in [1.54, 1.807) is 12.1 Å². The van der Waals surface area contributed by atoms with Crippen LogP contribution in [0.5, 0.6) is 0 Å². The molecule has 0 aliphatic rings. The van der Waals surface area contributed by atoms with Gasteiger partial charge in [0.05, 0.1) is 12.0 Å². The third kappa shape index (κ3) is 3.16. The molecule has 14 heavy (non-hydrogen) atoms. The normalized spacial score (nSPS) is 12.6. The minimum absolute atomic E-state index is 0.200. The summed E-state index contributed by atoms with van der Waals surface area (Å²) in [4.78, 5) is 1.83. The Labute approximate surface area is 87.9 Å². The maximum absolute atomic E-state index is 12.6. The van der Waals surface area contributed by atoms with Gasteiger partial charge in [-0.1, -0.05) is 0 Å². The number of hydrogen-bond acceptors (Lipinski definition) is 2. The second-order valence-corrected chi connectivity index (χ2v) is 3.47. The molecule has 0 spiro atoms. The number of hydrogen-bond donors (Lipinski definition) is 1. The van der Waals surface area contributed by atoms with Gasteiger partial charge in [0.1, 0.15) is 5.82 Å². The number of halogens is 2. The van der Waals surface area contributed by atoms with Crippen molar-refractivity contribution >= 4 is 17.3 Å². The van der Waals surface area contributed by atoms with Crippen LogP contribution in [0.4, 0.5) is 10.1 Å². The first-order valence-electron chi connectivity index (χ1n) is 4.34. The summed E-state index contributed by atoms with van der Waals surface area (Å²) in [7, 11) is 1.82. The summed E-state index contributed by atoms with van der Waals surface area (Å²) in [5, 5.41) is 9.30. The van der Waals surface area contributed by atoms with E-state index in [1.807, 2.05) is 11.9 Å². The van der Waals surface area contributed by atoms with E-state index in [9.17, 15) is 9.50 Å². The average molecular weight is 218 g/mol. The zero-order chi connectivity index (χ0) is 10.6. The highest BCUT2D eigenvalue weighted by atomic mass is 35.5. The van der Waals surface area contributed by atoms with E-state index in [0.29, 0.717) is 6.54 Å². The molecule has 0 saturated carbocycles. The Morgan fingerprint density at radius 2 is 2.00 bits per heavy atom. The lowest BCUT2D eigenvalue weighted by Gasteiger charge is -2.21. The van der Waals surface area contributed by atoms with E-state index in [1.165, 1.54) is 12.1 Å². The molecule has 78 valence electrons. The zero-order valence-corrected chi connectivity index (χ0v) is 8.71. The molecule has 0 aromatic heterocycles. The Hall–Kier alpha value is -0.800. The first-order valence-corrected chi connectivity index (χ1v) is 4.87. The lowest BCUT2D eigenvalue weighted by molar-refractivity contribution is 0.205. The third-order valence-corrected chi connectivity index (χ3v) is 2.29. The molecule has 1 rings (SSSR count). The molecule has 1 unspecified atom stereocenters. The Morgan fingerprint density at radius 1 is 1.43 bits per heavy atom. The summed E-state index contributed by atoms with van der Waals surface area (Å²) < 4.78 is 12.6. The Morgan fingerprint density at radius 3 is 2.50 bits per heavy atom. The molecule has 0 aliphatic carbocycles. The monoisotopic (exact) mass is 217 g/mol. The Bertz CT molecular complexity index is 278. The largest absolute Gasteiger partial charge is 0.390 e. The first kappa shape index (κ1) is 11.3. The van der Waals surface area contributed by atoms with Crippen LogP contribution in [0.2, 0.25) is 0 Å². The van der Waals surface area contributed by atoms with Gasteiger partial charge in [0, 0.05) is 19.3 Å². The molecule has 0 aliphatic heterocycles. The fourth-order valence-electron chi connectivity index (χ4n) is 1.17. The van der Waals surface area contributed by atoms with Crippen LogP contribution in [0.15, 0.2) is 24.3 Å². The topological polar surface area (TPSA) is 23.5 Å². The molecule has 0 heterocycles. The van der Waals surface area contributed by atoms with Crippen LogP contribution in [-0.4, -0.2) is 30.7 Å². The minimum atomic E-state index is -0.563. The van der Waals surface area contributed by atoms with Crippen molar-refractivity contribution in [3.8, 4) is 0 Å². The fourth-order valence-corrected chi connectivity index (χ4v) is 1.26. The van der Waals surface area contributed by atoms with Gasteiger partial charge in [0.2, 0.25) is 0 Å². The first-order chi connectivity index (χ1) is 6.63. The highest BCUT2D eigenvalue weighted by molar-refractivity contribution is 6.18. The molecule has 0 saturated heterocycles. The zero-order valence-electron chi connectivity index (χ0n) is 7.95. The lowest BCUT2D eigenvalue weighted by atomic mass is 10.2. The van der Waals surface area contributed by atoms with E-state index >= 15 is 0 Å². The highest BCUT2D eigenvalue weighted by Gasteiger charge is 2.07. The number of likely N-dealkylation sites (N-methyl/N-ethyl adjacent to an activating group) is 1. The van der Waals surface area contributed by atoms with Crippen LogP contribution in [-0.2, 0) is 0 Å². The Balaban J connectivity index is 2.60. The van der Waals surface area contributed by atoms with Crippen molar-refractivity contribution in [3.05, 3.63) is 30.1 Å². The average Bonchev–Trinajstić information content (AvgIpc) is 2.18. The van der Waals surface area contributed by atoms with Crippen LogP contribution in [0.25, 0.3) is 0 Å². The molecule has 1 atom stereocenters. The Kier molecular flexibility index (Phi) is 4.17. The molecule has 1 aromatic rings. The van der Waals surface area contributed by atoms with Crippen molar-refractivity contribution < 1.29 is 9.50 Å². The number of rotatable bonds is 4. The summed E-state index contributed by atoms with van der Waals surface area (Å²) in [6.45, 7) is 0.440. The molecule has 1 N–H and O–H groups in total. The van der Waals surface area contributed by atoms with Crippen LogP contribution >= 0.6 is 11.6 Å². The van der Waals surface area contributed by atoms with Crippen LogP contribution in [0.1, 0.15) is 0 Å². The fraction of sp³-hybridized carbons (Fsp3) is 0.400. The minimum Gasteiger partial charge on any atom is -0.390 e. The summed E-state index contributed by atoms with van der Waals surface area (Å²) in [5.74, 6) is -0.0639. The quantitative estimate of drug-likeness (QED) is 0.779. The molecule has 4 heteroatoms. The van der Waals surface area contributed by atoms with Gasteiger partial charge in [-0.15, -0.1) is 11.6 Å². The predicted octanol–water partition coefficient (Wildman–Crippen LogP) is 1.86. The molecular formula is C10H13ClFNO. The van der Waals surface area contributed by atoms with Gasteiger partial charge < -0.3 is 10.0 Å². The van der Waals surface area contributed by atoms with Gasteiger partial charge in [-0.3, -0.25) is 0 Å². The molecular weight excluding hydrogens is 205 g/mol. The number of benzene rings is 1. The molecule has 1 aromatic carbocycles. The number of nitrogens with zero attached hydrogens (tertiary/aromatic N) is 1. The van der Waals surface area contributed by atoms with Crippen LogP contribution in [0, 0.1) is 5.82 Å². The van der Waals surface area contributed by atoms with Crippen LogP contribution < -0.4 is 4.90 Å². The third-order valence-electron chi connectivity index (χ3n) is 1.93. The van der Waals surface area contributed by atoms with Crippen molar-refractivity contribution in [3.63, 3.8) is 0 Å². The maximum Gasteiger partial charge on any atom is 0.123 e. The number of aliphatic hydroxyl groups is 1. The van der Waals surface area contributed by atoms with E-state index < -0.39 is 6.10 Å². The SMILES string of the molecule is CN(CC(O)CCl)c1ccc(F)cc1. The molecule has 0 fully saturated rings. The van der Waals surface area contributed by atoms with Crippen LogP contribution in [0.3, 0.4) is 0 Å². The molecule has 0 bridgehead atoms. The molecule has 0 amide bonds. The van der Waals surface area contributed by atoms with Crippen molar-refractivity contribution in [2.24, 2.45) is 0 Å². The van der Waals surface area contributed by atoms with E-state index in [2.05, 4.69) is 0 Å². The summed E-state index contributed by atoms with van der Waals surface area (Å²) in [6.07, 6.45) is -0.563.